The van der Waals surface area contributed by atoms with Crippen molar-refractivity contribution in [3.63, 3.8) is 0 Å². The van der Waals surface area contributed by atoms with Crippen molar-refractivity contribution in [3.8, 4) is 0 Å². The van der Waals surface area contributed by atoms with Crippen LogP contribution in [0.2, 0.25) is 10.0 Å². The van der Waals surface area contributed by atoms with Crippen LogP contribution in [0.1, 0.15) is 0 Å². The molecule has 0 saturated heterocycles. The highest BCUT2D eigenvalue weighted by molar-refractivity contribution is 7.81. The number of nitrogens with one attached hydrogen (secondary N) is 4. The van der Waals surface area contributed by atoms with Crippen LogP contribution in [0, 0.1) is 0 Å². The summed E-state index contributed by atoms with van der Waals surface area (Å²) in [5.41, 5.74) is 2.93. The number of rotatable bonds is 4. The topological polar surface area (TPSA) is 48.1 Å². The van der Waals surface area contributed by atoms with Crippen LogP contribution in [0.25, 0.3) is 0 Å². The van der Waals surface area contributed by atoms with Crippen LogP contribution >= 0.6 is 47.6 Å². The van der Waals surface area contributed by atoms with Gasteiger partial charge in [0.05, 0.1) is 21.4 Å². The van der Waals surface area contributed by atoms with Gasteiger partial charge in [0.1, 0.15) is 0 Å². The van der Waals surface area contributed by atoms with E-state index in [0.29, 0.717) is 31.6 Å². The van der Waals surface area contributed by atoms with Crippen molar-refractivity contribution in [1.82, 2.24) is 0 Å². The van der Waals surface area contributed by atoms with Crippen LogP contribution in [0.15, 0.2) is 72.8 Å². The Morgan fingerprint density at radius 2 is 0.929 bits per heavy atom. The molecule has 28 heavy (non-hydrogen) atoms. The van der Waals surface area contributed by atoms with Crippen LogP contribution in [0.4, 0.5) is 22.7 Å². The third kappa shape index (κ3) is 5.81. The normalized spacial score (nSPS) is 10.1. The summed E-state index contributed by atoms with van der Waals surface area (Å²) in [4.78, 5) is 0. The van der Waals surface area contributed by atoms with Gasteiger partial charge < -0.3 is 21.3 Å². The minimum Gasteiger partial charge on any atom is -0.332 e. The van der Waals surface area contributed by atoms with E-state index in [1.165, 1.54) is 0 Å². The molecule has 3 aromatic rings. The van der Waals surface area contributed by atoms with Crippen molar-refractivity contribution in [2.75, 3.05) is 21.3 Å². The van der Waals surface area contributed by atoms with E-state index in [0.717, 1.165) is 11.4 Å². The van der Waals surface area contributed by atoms with Crippen LogP contribution in [0.3, 0.4) is 0 Å². The zero-order valence-electron chi connectivity index (χ0n) is 14.5. The van der Waals surface area contributed by atoms with Crippen LogP contribution in [-0.4, -0.2) is 10.2 Å². The van der Waals surface area contributed by atoms with Crippen LogP contribution in [-0.2, 0) is 0 Å². The standard InChI is InChI=1S/C20H16Cl2N4S2/c21-15-12-18(26-20(28)24-14-9-5-2-6-10-14)16(22)11-17(15)25-19(27)23-13-7-3-1-4-8-13/h1-12H,(H2,23,25,27)(H2,24,26,28). The number of thiocarbonyl (C=S) groups is 2. The summed E-state index contributed by atoms with van der Waals surface area (Å²) < 4.78 is 0. The Bertz CT molecular complexity index is 901. The van der Waals surface area contributed by atoms with E-state index < -0.39 is 0 Å². The van der Waals surface area contributed by atoms with E-state index in [4.69, 9.17) is 47.6 Å². The van der Waals surface area contributed by atoms with Gasteiger partial charge in [-0.25, -0.2) is 0 Å². The Balaban J connectivity index is 1.65. The summed E-state index contributed by atoms with van der Waals surface area (Å²) in [5.74, 6) is 0. The Morgan fingerprint density at radius 3 is 1.29 bits per heavy atom. The second-order valence-corrected chi connectivity index (χ2v) is 7.33. The summed E-state index contributed by atoms with van der Waals surface area (Å²) in [6.07, 6.45) is 0. The quantitative estimate of drug-likeness (QED) is 0.338. The second kappa shape index (κ2) is 9.71. The lowest BCUT2D eigenvalue weighted by Crippen LogP contribution is -2.20. The number of benzene rings is 3. The average Bonchev–Trinajstić information content (AvgIpc) is 2.67. The summed E-state index contributed by atoms with van der Waals surface area (Å²) in [5, 5.41) is 14.0. The van der Waals surface area contributed by atoms with Crippen molar-refractivity contribution >= 4 is 80.6 Å². The highest BCUT2D eigenvalue weighted by atomic mass is 35.5. The van der Waals surface area contributed by atoms with E-state index in [2.05, 4.69) is 21.3 Å². The molecule has 0 saturated carbocycles. The van der Waals surface area contributed by atoms with Crippen molar-refractivity contribution in [2.45, 2.75) is 0 Å². The predicted octanol–water partition coefficient (Wildman–Crippen LogP) is 6.61. The molecular formula is C20H16Cl2N4S2. The van der Waals surface area contributed by atoms with Gasteiger partial charge in [-0.1, -0.05) is 59.6 Å². The van der Waals surface area contributed by atoms with Gasteiger partial charge in [-0.05, 0) is 60.8 Å². The Hall–Kier alpha value is -2.38. The molecule has 3 aromatic carbocycles. The molecule has 0 atom stereocenters. The van der Waals surface area contributed by atoms with Crippen molar-refractivity contribution in [3.05, 3.63) is 82.8 Å². The van der Waals surface area contributed by atoms with Crippen LogP contribution < -0.4 is 21.3 Å². The lowest BCUT2D eigenvalue weighted by molar-refractivity contribution is 1.57. The van der Waals surface area contributed by atoms with E-state index in [-0.39, 0.29) is 0 Å². The fraction of sp³-hybridized carbons (Fsp3) is 0. The summed E-state index contributed by atoms with van der Waals surface area (Å²) in [6.45, 7) is 0. The first-order valence-electron chi connectivity index (χ1n) is 8.26. The molecule has 0 aliphatic carbocycles. The molecule has 8 heteroatoms. The molecule has 4 N–H and O–H groups in total. The van der Waals surface area contributed by atoms with Gasteiger partial charge >= 0.3 is 0 Å². The molecule has 0 unspecified atom stereocenters. The Labute approximate surface area is 184 Å². The third-order valence-corrected chi connectivity index (χ3v) is 4.65. The Morgan fingerprint density at radius 1 is 0.571 bits per heavy atom. The molecule has 142 valence electrons. The van der Waals surface area contributed by atoms with Gasteiger partial charge in [-0.3, -0.25) is 0 Å². The fourth-order valence-corrected chi connectivity index (χ4v) is 3.23. The zero-order valence-corrected chi connectivity index (χ0v) is 17.6. The fourth-order valence-electron chi connectivity index (χ4n) is 2.35. The molecule has 0 aliphatic heterocycles. The first-order valence-corrected chi connectivity index (χ1v) is 9.83. The number of hydrogen-bond donors (Lipinski definition) is 4. The molecule has 0 bridgehead atoms. The first-order chi connectivity index (χ1) is 13.5. The average molecular weight is 447 g/mol. The van der Waals surface area contributed by atoms with Crippen molar-refractivity contribution < 1.29 is 0 Å². The highest BCUT2D eigenvalue weighted by Crippen LogP contribution is 2.33. The van der Waals surface area contributed by atoms with Crippen molar-refractivity contribution in [1.29, 1.82) is 0 Å². The molecule has 0 heterocycles. The van der Waals surface area contributed by atoms with E-state index in [9.17, 15) is 0 Å². The van der Waals surface area contributed by atoms with Gasteiger partial charge in [-0.2, -0.15) is 0 Å². The monoisotopic (exact) mass is 446 g/mol. The SMILES string of the molecule is S=C(Nc1ccccc1)Nc1cc(Cl)c(NC(=S)Nc2ccccc2)cc1Cl. The first kappa shape index (κ1) is 20.4. The maximum absolute atomic E-state index is 6.38. The molecule has 4 nitrogen and oxygen atoms in total. The van der Waals surface area contributed by atoms with Crippen LogP contribution in [0.5, 0.6) is 0 Å². The Kier molecular flexibility index (Phi) is 7.06. The number of para-hydroxylation sites is 2. The third-order valence-electron chi connectivity index (χ3n) is 3.62. The zero-order chi connectivity index (χ0) is 19.9. The minimum atomic E-state index is 0.408. The van der Waals surface area contributed by atoms with Crippen molar-refractivity contribution in [2.24, 2.45) is 0 Å². The largest absolute Gasteiger partial charge is 0.332 e. The van der Waals surface area contributed by atoms with E-state index in [1.54, 1.807) is 12.1 Å². The molecule has 0 fully saturated rings. The molecule has 3 rings (SSSR count). The maximum Gasteiger partial charge on any atom is 0.175 e. The summed E-state index contributed by atoms with van der Waals surface area (Å²) >= 11 is 23.4. The number of hydrogen-bond acceptors (Lipinski definition) is 2. The van der Waals surface area contributed by atoms with Gasteiger partial charge in [0.15, 0.2) is 10.2 Å². The molecule has 0 amide bonds. The molecular weight excluding hydrogens is 431 g/mol. The maximum atomic E-state index is 6.38. The van der Waals surface area contributed by atoms with E-state index in [1.807, 2.05) is 60.7 Å². The smallest absolute Gasteiger partial charge is 0.175 e. The van der Waals surface area contributed by atoms with Gasteiger partial charge in [0, 0.05) is 11.4 Å². The predicted molar refractivity (Wildman–Crippen MR) is 129 cm³/mol. The summed E-state index contributed by atoms with van der Waals surface area (Å²) in [7, 11) is 0. The molecule has 0 aliphatic rings. The number of halogens is 2. The second-order valence-electron chi connectivity index (χ2n) is 5.70. The highest BCUT2D eigenvalue weighted by Gasteiger charge is 2.10. The number of anilines is 4. The van der Waals surface area contributed by atoms with Gasteiger partial charge in [0.25, 0.3) is 0 Å². The molecule has 0 aromatic heterocycles. The molecule has 0 radical (unpaired) electrons. The lowest BCUT2D eigenvalue weighted by Gasteiger charge is -2.15. The lowest BCUT2D eigenvalue weighted by atomic mass is 10.2. The molecule has 0 spiro atoms. The van der Waals surface area contributed by atoms with Gasteiger partial charge in [0.2, 0.25) is 0 Å². The van der Waals surface area contributed by atoms with Gasteiger partial charge in [-0.15, -0.1) is 0 Å². The summed E-state index contributed by atoms with van der Waals surface area (Å²) in [6, 6.07) is 22.6. The van der Waals surface area contributed by atoms with E-state index >= 15 is 0 Å². The minimum absolute atomic E-state index is 0.408.